The second kappa shape index (κ2) is 8.40. The van der Waals surface area contributed by atoms with Gasteiger partial charge in [-0.3, -0.25) is 4.79 Å². The number of para-hydroxylation sites is 1. The normalized spacial score (nSPS) is 12.3. The van der Waals surface area contributed by atoms with Crippen LogP contribution in [-0.2, 0) is 9.84 Å². The number of hydrogen-bond acceptors (Lipinski definition) is 6. The Balaban J connectivity index is 1.89. The fourth-order valence-corrected chi connectivity index (χ4v) is 4.10. The van der Waals surface area contributed by atoms with Crippen molar-refractivity contribution >= 4 is 27.2 Å². The van der Waals surface area contributed by atoms with Gasteiger partial charge in [-0.05, 0) is 37.6 Å². The molecule has 1 unspecified atom stereocenters. The molecule has 150 valence electrons. The van der Waals surface area contributed by atoms with Crippen LogP contribution in [0.25, 0.3) is 11.3 Å². The van der Waals surface area contributed by atoms with E-state index < -0.39 is 21.0 Å². The highest BCUT2D eigenvalue weighted by Gasteiger charge is 2.22. The van der Waals surface area contributed by atoms with E-state index in [0.717, 1.165) is 0 Å². The van der Waals surface area contributed by atoms with Crippen LogP contribution in [0.1, 0.15) is 30.8 Å². The Kier molecular flexibility index (Phi) is 5.93. The van der Waals surface area contributed by atoms with Crippen LogP contribution in [0.5, 0.6) is 0 Å². The third-order valence-corrected chi connectivity index (χ3v) is 6.95. The third-order valence-electron chi connectivity index (χ3n) is 4.63. The average molecular weight is 410 g/mol. The number of nitrogens with one attached hydrogen (secondary N) is 1. The van der Waals surface area contributed by atoms with Gasteiger partial charge in [0.1, 0.15) is 0 Å². The van der Waals surface area contributed by atoms with Crippen molar-refractivity contribution in [2.75, 3.05) is 11.1 Å². The molecular formula is C21H22N4O3S. The lowest BCUT2D eigenvalue weighted by molar-refractivity contribution is 0.102. The van der Waals surface area contributed by atoms with E-state index in [1.807, 2.05) is 13.0 Å². The van der Waals surface area contributed by atoms with Crippen LogP contribution in [0.3, 0.4) is 0 Å². The predicted octanol–water partition coefficient (Wildman–Crippen LogP) is 3.55. The molecule has 0 fully saturated rings. The zero-order valence-electron chi connectivity index (χ0n) is 16.2. The minimum atomic E-state index is -3.37. The average Bonchev–Trinajstić information content (AvgIpc) is 2.74. The van der Waals surface area contributed by atoms with Crippen LogP contribution in [0.4, 0.5) is 11.5 Å². The first-order valence-corrected chi connectivity index (χ1v) is 10.7. The summed E-state index contributed by atoms with van der Waals surface area (Å²) in [5, 5.41) is 2.26. The van der Waals surface area contributed by atoms with Gasteiger partial charge < -0.3 is 11.1 Å². The predicted molar refractivity (Wildman–Crippen MR) is 113 cm³/mol. The van der Waals surface area contributed by atoms with Crippen LogP contribution in [0.15, 0.2) is 65.7 Å². The minimum absolute atomic E-state index is 0.00246. The number of sulfone groups is 1. The maximum absolute atomic E-state index is 12.5. The zero-order valence-corrected chi connectivity index (χ0v) is 17.0. The van der Waals surface area contributed by atoms with E-state index in [2.05, 4.69) is 15.3 Å². The molecule has 0 saturated carbocycles. The van der Waals surface area contributed by atoms with Crippen LogP contribution in [0, 0.1) is 0 Å². The molecule has 7 nitrogen and oxygen atoms in total. The first-order chi connectivity index (χ1) is 13.8. The highest BCUT2D eigenvalue weighted by Crippen LogP contribution is 2.24. The number of nitrogens with two attached hydrogens (primary N) is 1. The molecule has 1 atom stereocenters. The summed E-state index contributed by atoms with van der Waals surface area (Å²) in [6.07, 6.45) is 1.99. The van der Waals surface area contributed by atoms with Gasteiger partial charge >= 0.3 is 0 Å². The molecule has 0 aliphatic heterocycles. The number of anilines is 2. The number of aromatic nitrogens is 2. The Labute approximate surface area is 169 Å². The Morgan fingerprint density at radius 2 is 1.76 bits per heavy atom. The van der Waals surface area contributed by atoms with Gasteiger partial charge in [0.15, 0.2) is 21.3 Å². The molecule has 0 aliphatic rings. The smallest absolute Gasteiger partial charge is 0.278 e. The number of amides is 1. The van der Waals surface area contributed by atoms with E-state index in [0.29, 0.717) is 23.4 Å². The monoisotopic (exact) mass is 410 g/mol. The van der Waals surface area contributed by atoms with Gasteiger partial charge in [0.05, 0.1) is 22.0 Å². The quantitative estimate of drug-likeness (QED) is 0.642. The molecule has 1 heterocycles. The molecular weight excluding hydrogens is 388 g/mol. The summed E-state index contributed by atoms with van der Waals surface area (Å²) < 4.78 is 25.0. The van der Waals surface area contributed by atoms with E-state index >= 15 is 0 Å². The number of hydrogen-bond donors (Lipinski definition) is 2. The number of carbonyl (C=O) groups excluding carboxylic acids is 1. The SMILES string of the molecule is CCC(C)S(=O)(=O)c1ccc(-c2cnc(N)c(C(=O)Nc3ccccc3)n2)cc1. The maximum atomic E-state index is 12.5. The molecule has 0 saturated heterocycles. The lowest BCUT2D eigenvalue weighted by atomic mass is 10.1. The summed E-state index contributed by atoms with van der Waals surface area (Å²) in [5.41, 5.74) is 7.51. The first-order valence-electron chi connectivity index (χ1n) is 9.16. The number of benzene rings is 2. The fraction of sp³-hybridized carbons (Fsp3) is 0.190. The highest BCUT2D eigenvalue weighted by atomic mass is 32.2. The molecule has 1 amide bonds. The van der Waals surface area contributed by atoms with E-state index in [9.17, 15) is 13.2 Å². The van der Waals surface area contributed by atoms with Crippen molar-refractivity contribution in [3.8, 4) is 11.3 Å². The second-order valence-corrected chi connectivity index (χ2v) is 8.96. The fourth-order valence-electron chi connectivity index (χ4n) is 2.68. The van der Waals surface area contributed by atoms with E-state index in [1.165, 1.54) is 6.20 Å². The first kappa shape index (κ1) is 20.5. The maximum Gasteiger partial charge on any atom is 0.278 e. The lowest BCUT2D eigenvalue weighted by Crippen LogP contribution is -2.17. The standard InChI is InChI=1S/C21H22N4O3S/c1-3-14(2)29(27,28)17-11-9-15(10-12-17)18-13-23-20(22)19(25-18)21(26)24-16-7-5-4-6-8-16/h4-14H,3H2,1-2H3,(H2,22,23)(H,24,26). The summed E-state index contributed by atoms with van der Waals surface area (Å²) in [5.74, 6) is -0.461. The summed E-state index contributed by atoms with van der Waals surface area (Å²) in [6, 6.07) is 15.3. The van der Waals surface area contributed by atoms with Gasteiger partial charge in [-0.15, -0.1) is 0 Å². The molecule has 3 N–H and O–H groups in total. The number of nitrogens with zero attached hydrogens (tertiary/aromatic N) is 2. The Morgan fingerprint density at radius 3 is 2.38 bits per heavy atom. The Bertz CT molecular complexity index is 1110. The Morgan fingerprint density at radius 1 is 1.10 bits per heavy atom. The van der Waals surface area contributed by atoms with Crippen LogP contribution in [0.2, 0.25) is 0 Å². The van der Waals surface area contributed by atoms with Crippen LogP contribution < -0.4 is 11.1 Å². The van der Waals surface area contributed by atoms with Crippen molar-refractivity contribution in [2.45, 2.75) is 30.4 Å². The molecule has 0 aliphatic carbocycles. The Hall–Kier alpha value is -3.26. The molecule has 3 aromatic rings. The zero-order chi connectivity index (χ0) is 21.0. The molecule has 0 spiro atoms. The van der Waals surface area contributed by atoms with E-state index in [4.69, 9.17) is 5.73 Å². The number of carbonyl (C=O) groups is 1. The van der Waals surface area contributed by atoms with Crippen molar-refractivity contribution in [2.24, 2.45) is 0 Å². The molecule has 29 heavy (non-hydrogen) atoms. The molecule has 8 heteroatoms. The highest BCUT2D eigenvalue weighted by molar-refractivity contribution is 7.92. The minimum Gasteiger partial charge on any atom is -0.382 e. The molecule has 3 rings (SSSR count). The van der Waals surface area contributed by atoms with Gasteiger partial charge in [0.25, 0.3) is 5.91 Å². The lowest BCUT2D eigenvalue weighted by Gasteiger charge is -2.11. The largest absolute Gasteiger partial charge is 0.382 e. The van der Waals surface area contributed by atoms with Gasteiger partial charge in [-0.2, -0.15) is 0 Å². The van der Waals surface area contributed by atoms with Gasteiger partial charge in [-0.1, -0.05) is 37.3 Å². The van der Waals surface area contributed by atoms with Gasteiger partial charge in [0.2, 0.25) is 0 Å². The van der Waals surface area contributed by atoms with Crippen LogP contribution in [-0.4, -0.2) is 29.5 Å². The number of nitrogen functional groups attached to an aromatic ring is 1. The van der Waals surface area contributed by atoms with E-state index in [-0.39, 0.29) is 16.4 Å². The molecule has 0 bridgehead atoms. The summed E-state index contributed by atoms with van der Waals surface area (Å²) >= 11 is 0. The molecule has 1 aromatic heterocycles. The summed E-state index contributed by atoms with van der Waals surface area (Å²) in [4.78, 5) is 21.2. The summed E-state index contributed by atoms with van der Waals surface area (Å²) in [7, 11) is -3.37. The van der Waals surface area contributed by atoms with Gasteiger partial charge in [-0.25, -0.2) is 18.4 Å². The van der Waals surface area contributed by atoms with Crippen molar-refractivity contribution in [3.63, 3.8) is 0 Å². The van der Waals surface area contributed by atoms with Crippen molar-refractivity contribution in [1.82, 2.24) is 9.97 Å². The van der Waals surface area contributed by atoms with E-state index in [1.54, 1.807) is 55.5 Å². The van der Waals surface area contributed by atoms with Crippen LogP contribution >= 0.6 is 0 Å². The third kappa shape index (κ3) is 4.43. The topological polar surface area (TPSA) is 115 Å². The van der Waals surface area contributed by atoms with Gasteiger partial charge in [0, 0.05) is 11.3 Å². The van der Waals surface area contributed by atoms with Crippen molar-refractivity contribution < 1.29 is 13.2 Å². The summed E-state index contributed by atoms with van der Waals surface area (Å²) in [6.45, 7) is 3.52. The molecule has 2 aromatic carbocycles. The van der Waals surface area contributed by atoms with Crippen molar-refractivity contribution in [3.05, 3.63) is 66.5 Å². The number of rotatable bonds is 6. The second-order valence-electron chi connectivity index (χ2n) is 6.60. The molecule has 0 radical (unpaired) electrons. The van der Waals surface area contributed by atoms with Crippen molar-refractivity contribution in [1.29, 1.82) is 0 Å².